The van der Waals surface area contributed by atoms with Crippen LogP contribution in [0.1, 0.15) is 77.8 Å². The van der Waals surface area contributed by atoms with Crippen molar-refractivity contribution in [2.24, 2.45) is 5.41 Å². The Morgan fingerprint density at radius 1 is 1.24 bits per heavy atom. The summed E-state index contributed by atoms with van der Waals surface area (Å²) in [6.45, 7) is 6.16. The van der Waals surface area contributed by atoms with Gasteiger partial charge in [0.2, 0.25) is 5.82 Å². The average Bonchev–Trinajstić information content (AvgIpc) is 3.56. The molecule has 9 nitrogen and oxygen atoms in total. The highest BCUT2D eigenvalue weighted by Crippen LogP contribution is 2.40. The van der Waals surface area contributed by atoms with E-state index in [1.807, 2.05) is 24.8 Å². The number of hydrogen-bond donors (Lipinski definition) is 3. The Hall–Kier alpha value is -3.41. The van der Waals surface area contributed by atoms with Gasteiger partial charge < -0.3 is 19.9 Å². The number of alkyl halides is 3. The maximum Gasteiger partial charge on any atom is 0.449 e. The number of piperidine rings is 1. The van der Waals surface area contributed by atoms with Crippen molar-refractivity contribution >= 4 is 22.8 Å². The maximum absolute atomic E-state index is 13.0. The van der Waals surface area contributed by atoms with Gasteiger partial charge in [-0.15, -0.1) is 0 Å². The Morgan fingerprint density at radius 2 is 2.00 bits per heavy atom. The maximum atomic E-state index is 13.0. The number of imidazole rings is 1. The molecule has 1 atom stereocenters. The first kappa shape index (κ1) is 26.2. The summed E-state index contributed by atoms with van der Waals surface area (Å²) in [6, 6.07) is 6.25. The van der Waals surface area contributed by atoms with Crippen LogP contribution < -0.4 is 5.32 Å². The number of carbonyl (C=O) groups excluding carboxylic acids is 2. The predicted molar refractivity (Wildman–Crippen MR) is 133 cm³/mol. The molecule has 1 spiro atoms. The summed E-state index contributed by atoms with van der Waals surface area (Å²) < 4.78 is 45.2. The summed E-state index contributed by atoms with van der Waals surface area (Å²) in [5.74, 6) is -1.42. The van der Waals surface area contributed by atoms with Crippen molar-refractivity contribution in [2.75, 3.05) is 26.2 Å². The molecule has 2 aliphatic rings. The van der Waals surface area contributed by atoms with Gasteiger partial charge in [-0.1, -0.05) is 19.9 Å². The van der Waals surface area contributed by atoms with Gasteiger partial charge in [0, 0.05) is 25.3 Å². The number of nitrogens with zero attached hydrogens (tertiary/aromatic N) is 3. The summed E-state index contributed by atoms with van der Waals surface area (Å²) in [6.07, 6.45) is -1.48. The van der Waals surface area contributed by atoms with Gasteiger partial charge in [-0.2, -0.15) is 18.3 Å². The van der Waals surface area contributed by atoms with Crippen LogP contribution in [0.3, 0.4) is 0 Å². The Balaban J connectivity index is 1.12. The average molecular weight is 533 g/mol. The van der Waals surface area contributed by atoms with Crippen molar-refractivity contribution in [1.29, 1.82) is 0 Å². The molecule has 4 heterocycles. The molecule has 38 heavy (non-hydrogen) atoms. The minimum Gasteiger partial charge on any atom is -0.376 e. The summed E-state index contributed by atoms with van der Waals surface area (Å²) in [5, 5.41) is 9.90. The highest BCUT2D eigenvalue weighted by molar-refractivity contribution is 6.04. The minimum absolute atomic E-state index is 0.000585. The summed E-state index contributed by atoms with van der Waals surface area (Å²) in [5.41, 5.74) is 1.60. The number of benzene rings is 1. The molecule has 1 aromatic carbocycles. The monoisotopic (exact) mass is 532 g/mol. The van der Waals surface area contributed by atoms with Crippen molar-refractivity contribution in [3.8, 4) is 0 Å². The lowest BCUT2D eigenvalue weighted by Gasteiger charge is -2.45. The van der Waals surface area contributed by atoms with Gasteiger partial charge in [-0.3, -0.25) is 14.7 Å². The summed E-state index contributed by atoms with van der Waals surface area (Å²) in [7, 11) is 0. The van der Waals surface area contributed by atoms with E-state index in [9.17, 15) is 22.8 Å². The molecule has 2 saturated heterocycles. The molecule has 204 valence electrons. The third-order valence-electron chi connectivity index (χ3n) is 7.69. The van der Waals surface area contributed by atoms with E-state index in [1.165, 1.54) is 18.2 Å². The van der Waals surface area contributed by atoms with Gasteiger partial charge in [0.25, 0.3) is 11.8 Å². The highest BCUT2D eigenvalue weighted by atomic mass is 19.4. The van der Waals surface area contributed by atoms with Crippen molar-refractivity contribution in [3.63, 3.8) is 0 Å². The van der Waals surface area contributed by atoms with Crippen molar-refractivity contribution in [2.45, 2.75) is 57.7 Å². The second kappa shape index (κ2) is 10.0. The summed E-state index contributed by atoms with van der Waals surface area (Å²) in [4.78, 5) is 33.3. The van der Waals surface area contributed by atoms with Crippen LogP contribution >= 0.6 is 0 Å². The van der Waals surface area contributed by atoms with E-state index >= 15 is 0 Å². The van der Waals surface area contributed by atoms with E-state index < -0.39 is 17.9 Å². The van der Waals surface area contributed by atoms with Gasteiger partial charge in [-0.05, 0) is 55.2 Å². The first-order valence-corrected chi connectivity index (χ1v) is 12.8. The standard InChI is InChI=1S/C26H31F3N6O3/c1-15(2)19-12-20(34-33-19)23(37)35-10-8-25(9-11-35)7-6-16(38-14-25)13-30-22(36)17-4-3-5-18-21(17)32-24(31-18)26(27,28)29/h3-5,12,15-16H,6-11,13-14H2,1-2H3,(H,30,36)(H,31,32)(H,33,34). The lowest BCUT2D eigenvalue weighted by molar-refractivity contribution is -0.144. The number of hydrogen-bond acceptors (Lipinski definition) is 5. The zero-order valence-electron chi connectivity index (χ0n) is 21.3. The fourth-order valence-corrected chi connectivity index (χ4v) is 5.21. The van der Waals surface area contributed by atoms with Gasteiger partial charge in [0.05, 0.1) is 23.8 Å². The van der Waals surface area contributed by atoms with E-state index in [0.29, 0.717) is 25.4 Å². The minimum atomic E-state index is -4.63. The number of amides is 2. The van der Waals surface area contributed by atoms with Crippen LogP contribution in [0.4, 0.5) is 13.2 Å². The van der Waals surface area contributed by atoms with E-state index in [-0.39, 0.29) is 46.5 Å². The molecule has 1 unspecified atom stereocenters. The number of aromatic nitrogens is 4. The Morgan fingerprint density at radius 3 is 2.63 bits per heavy atom. The predicted octanol–water partition coefficient (Wildman–Crippen LogP) is 4.26. The molecule has 2 fully saturated rings. The molecule has 12 heteroatoms. The molecule has 3 N–H and O–H groups in total. The number of aromatic amines is 2. The molecular formula is C26H31F3N6O3. The number of ether oxygens (including phenoxy) is 1. The SMILES string of the molecule is CC(C)c1cc(C(=O)N2CCC3(CCC(CNC(=O)c4cccc5[nH]c(C(F)(F)F)nc45)OC3)CC2)n[nH]1. The number of H-pyrrole nitrogens is 2. The smallest absolute Gasteiger partial charge is 0.376 e. The van der Waals surface area contributed by atoms with E-state index in [0.717, 1.165) is 31.4 Å². The molecule has 2 aromatic heterocycles. The molecule has 0 aliphatic carbocycles. The third-order valence-corrected chi connectivity index (χ3v) is 7.69. The first-order valence-electron chi connectivity index (χ1n) is 12.8. The van der Waals surface area contributed by atoms with Crippen molar-refractivity contribution in [1.82, 2.24) is 30.4 Å². The Labute approximate surface area is 217 Å². The number of likely N-dealkylation sites (tertiary alicyclic amines) is 1. The van der Waals surface area contributed by atoms with Crippen LogP contribution in [0.2, 0.25) is 0 Å². The fraction of sp³-hybridized carbons (Fsp3) is 0.538. The van der Waals surface area contributed by atoms with E-state index in [2.05, 4.69) is 25.5 Å². The van der Waals surface area contributed by atoms with Gasteiger partial charge in [0.1, 0.15) is 11.2 Å². The van der Waals surface area contributed by atoms with Crippen molar-refractivity contribution in [3.05, 3.63) is 47.0 Å². The molecule has 3 aromatic rings. The van der Waals surface area contributed by atoms with Crippen LogP contribution in [0.25, 0.3) is 11.0 Å². The van der Waals surface area contributed by atoms with E-state index in [1.54, 1.807) is 0 Å². The highest BCUT2D eigenvalue weighted by Gasteiger charge is 2.40. The van der Waals surface area contributed by atoms with E-state index in [4.69, 9.17) is 4.74 Å². The molecule has 0 bridgehead atoms. The molecule has 0 saturated carbocycles. The van der Waals surface area contributed by atoms with Crippen LogP contribution in [0.15, 0.2) is 24.3 Å². The molecule has 2 amide bonds. The Kier molecular flexibility index (Phi) is 6.93. The quantitative estimate of drug-likeness (QED) is 0.454. The van der Waals surface area contributed by atoms with Crippen LogP contribution in [0, 0.1) is 5.41 Å². The Bertz CT molecular complexity index is 1310. The van der Waals surface area contributed by atoms with Crippen LogP contribution in [-0.4, -0.2) is 69.2 Å². The van der Waals surface area contributed by atoms with Crippen LogP contribution in [0.5, 0.6) is 0 Å². The second-order valence-electron chi connectivity index (χ2n) is 10.6. The molecule has 5 rings (SSSR count). The number of fused-ring (bicyclic) bond motifs is 1. The second-order valence-corrected chi connectivity index (χ2v) is 10.6. The number of carbonyl (C=O) groups is 2. The number of halogens is 3. The molecular weight excluding hydrogens is 501 g/mol. The largest absolute Gasteiger partial charge is 0.449 e. The topological polar surface area (TPSA) is 116 Å². The third kappa shape index (κ3) is 5.27. The van der Waals surface area contributed by atoms with Gasteiger partial charge in [0.15, 0.2) is 0 Å². The number of para-hydroxylation sites is 1. The zero-order valence-corrected chi connectivity index (χ0v) is 21.3. The zero-order chi connectivity index (χ0) is 27.1. The van der Waals surface area contributed by atoms with Gasteiger partial charge in [-0.25, -0.2) is 4.98 Å². The van der Waals surface area contributed by atoms with Crippen molar-refractivity contribution < 1.29 is 27.5 Å². The lowest BCUT2D eigenvalue weighted by atomic mass is 9.73. The van der Waals surface area contributed by atoms with Gasteiger partial charge >= 0.3 is 6.18 Å². The fourth-order valence-electron chi connectivity index (χ4n) is 5.21. The van der Waals surface area contributed by atoms with Crippen LogP contribution in [-0.2, 0) is 10.9 Å². The normalized spacial score (nSPS) is 19.8. The lowest BCUT2D eigenvalue weighted by Crippen LogP contribution is -2.49. The molecule has 2 aliphatic heterocycles. The molecule has 0 radical (unpaired) electrons. The first-order chi connectivity index (χ1) is 18.0. The summed E-state index contributed by atoms with van der Waals surface area (Å²) >= 11 is 0. The number of nitrogens with one attached hydrogen (secondary N) is 3. The number of rotatable bonds is 5.